The molecule has 0 aliphatic rings. The number of thiazole rings is 1. The van der Waals surface area contributed by atoms with Crippen molar-refractivity contribution in [1.29, 1.82) is 0 Å². The van der Waals surface area contributed by atoms with Gasteiger partial charge in [-0.05, 0) is 0 Å². The molecule has 4 nitrogen and oxygen atoms in total. The Morgan fingerprint density at radius 1 is 1.45 bits per heavy atom. The van der Waals surface area contributed by atoms with Crippen LogP contribution < -0.4 is 4.74 Å². The molecule has 0 saturated heterocycles. The minimum absolute atomic E-state index is 0.198. The maximum Gasteiger partial charge on any atom is 0.167 e. The fourth-order valence-corrected chi connectivity index (χ4v) is 2.87. The molecule has 3 aromatic rings. The van der Waals surface area contributed by atoms with Gasteiger partial charge in [0.1, 0.15) is 5.82 Å². The molecule has 0 bridgehead atoms. The molecule has 0 radical (unpaired) electrons. The van der Waals surface area contributed by atoms with E-state index in [4.69, 9.17) is 16.3 Å². The molecule has 0 N–H and O–H groups in total. The lowest BCUT2D eigenvalue weighted by Crippen LogP contribution is -2.02. The fraction of sp³-hybridized carbons (Fsp3) is 0.231. The van der Waals surface area contributed by atoms with Gasteiger partial charge in [0, 0.05) is 23.2 Å². The molecule has 0 atom stereocenters. The summed E-state index contributed by atoms with van der Waals surface area (Å²) in [6, 6.07) is 3.02. The lowest BCUT2D eigenvalue weighted by atomic mass is 10.3. The minimum atomic E-state index is -0.427. The van der Waals surface area contributed by atoms with E-state index in [9.17, 15) is 4.39 Å². The van der Waals surface area contributed by atoms with Gasteiger partial charge in [0.25, 0.3) is 0 Å². The molecule has 0 unspecified atom stereocenters. The van der Waals surface area contributed by atoms with Gasteiger partial charge in [-0.15, -0.1) is 22.9 Å². The number of alkyl halides is 1. The molecule has 7 heteroatoms. The van der Waals surface area contributed by atoms with Crippen LogP contribution in [0.1, 0.15) is 10.7 Å². The van der Waals surface area contributed by atoms with Crippen LogP contribution in [-0.4, -0.2) is 21.6 Å². The third kappa shape index (κ3) is 2.25. The van der Waals surface area contributed by atoms with E-state index in [0.29, 0.717) is 17.9 Å². The van der Waals surface area contributed by atoms with Crippen LogP contribution >= 0.6 is 22.9 Å². The second-order valence-corrected chi connectivity index (χ2v) is 5.43. The second kappa shape index (κ2) is 5.38. The Morgan fingerprint density at radius 3 is 2.95 bits per heavy atom. The third-order valence-electron chi connectivity index (χ3n) is 3.02. The number of benzene rings is 1. The number of rotatable bonds is 4. The van der Waals surface area contributed by atoms with Crippen molar-refractivity contribution in [2.24, 2.45) is 0 Å². The zero-order valence-corrected chi connectivity index (χ0v) is 12.2. The van der Waals surface area contributed by atoms with Crippen molar-refractivity contribution in [3.63, 3.8) is 0 Å². The lowest BCUT2D eigenvalue weighted by molar-refractivity contribution is 0.387. The Balaban J connectivity index is 2.17. The SMILES string of the molecule is COc1cc2c(cc1F)nc(CCl)n2Cc1cncs1. The summed E-state index contributed by atoms with van der Waals surface area (Å²) >= 11 is 7.49. The van der Waals surface area contributed by atoms with Crippen LogP contribution in [0.2, 0.25) is 0 Å². The second-order valence-electron chi connectivity index (χ2n) is 4.19. The van der Waals surface area contributed by atoms with E-state index in [2.05, 4.69) is 9.97 Å². The minimum Gasteiger partial charge on any atom is -0.494 e. The Kier molecular flexibility index (Phi) is 3.58. The van der Waals surface area contributed by atoms with Crippen LogP contribution in [0.5, 0.6) is 5.75 Å². The summed E-state index contributed by atoms with van der Waals surface area (Å²) in [6.45, 7) is 0.609. The summed E-state index contributed by atoms with van der Waals surface area (Å²) < 4.78 is 20.7. The number of halogens is 2. The van der Waals surface area contributed by atoms with Crippen LogP contribution in [0, 0.1) is 5.82 Å². The molecule has 0 amide bonds. The molecule has 20 heavy (non-hydrogen) atoms. The first-order valence-electron chi connectivity index (χ1n) is 5.89. The van der Waals surface area contributed by atoms with Gasteiger partial charge >= 0.3 is 0 Å². The van der Waals surface area contributed by atoms with Crippen molar-refractivity contribution in [3.8, 4) is 5.75 Å². The highest BCUT2D eigenvalue weighted by molar-refractivity contribution is 7.09. The monoisotopic (exact) mass is 311 g/mol. The number of hydrogen-bond donors (Lipinski definition) is 0. The summed E-state index contributed by atoms with van der Waals surface area (Å²) in [5.74, 6) is 0.729. The molecule has 0 aliphatic carbocycles. The van der Waals surface area contributed by atoms with E-state index in [-0.39, 0.29) is 11.6 Å². The third-order valence-corrected chi connectivity index (χ3v) is 4.02. The maximum atomic E-state index is 13.7. The van der Waals surface area contributed by atoms with Gasteiger partial charge in [0.15, 0.2) is 11.6 Å². The molecule has 2 aromatic heterocycles. The van der Waals surface area contributed by atoms with E-state index in [1.54, 1.807) is 29.1 Å². The molecular formula is C13H11ClFN3OS. The van der Waals surface area contributed by atoms with E-state index in [0.717, 1.165) is 10.4 Å². The molecule has 0 saturated carbocycles. The standard InChI is InChI=1S/C13H11ClFN3OS/c1-19-12-3-11-10(2-9(12)15)17-13(4-14)18(11)6-8-5-16-7-20-8/h2-3,5,7H,4,6H2,1H3. The fourth-order valence-electron chi connectivity index (χ4n) is 2.09. The number of ether oxygens (including phenoxy) is 1. The van der Waals surface area contributed by atoms with Crippen LogP contribution in [0.3, 0.4) is 0 Å². The summed E-state index contributed by atoms with van der Waals surface area (Å²) in [5, 5.41) is 0. The van der Waals surface area contributed by atoms with Crippen LogP contribution in [0.25, 0.3) is 11.0 Å². The number of fused-ring (bicyclic) bond motifs is 1. The Labute approximate surface area is 123 Å². The molecule has 0 aliphatic heterocycles. The quantitative estimate of drug-likeness (QED) is 0.693. The Bertz CT molecular complexity index is 742. The van der Waals surface area contributed by atoms with Gasteiger partial charge in [-0.2, -0.15) is 0 Å². The summed E-state index contributed by atoms with van der Waals surface area (Å²) in [6.07, 6.45) is 1.80. The first-order chi connectivity index (χ1) is 9.72. The van der Waals surface area contributed by atoms with Crippen molar-refractivity contribution >= 4 is 34.0 Å². The first kappa shape index (κ1) is 13.3. The van der Waals surface area contributed by atoms with Crippen molar-refractivity contribution in [1.82, 2.24) is 14.5 Å². The van der Waals surface area contributed by atoms with Gasteiger partial charge in [0.05, 0.1) is 36.1 Å². The maximum absolute atomic E-state index is 13.7. The molecule has 104 valence electrons. The molecule has 1 aromatic carbocycles. The van der Waals surface area contributed by atoms with E-state index in [1.165, 1.54) is 13.2 Å². The first-order valence-corrected chi connectivity index (χ1v) is 7.30. The molecule has 2 heterocycles. The van der Waals surface area contributed by atoms with Crippen molar-refractivity contribution < 1.29 is 9.13 Å². The average Bonchev–Trinajstić information content (AvgIpc) is 3.06. The summed E-state index contributed by atoms with van der Waals surface area (Å²) in [5.41, 5.74) is 3.14. The summed E-state index contributed by atoms with van der Waals surface area (Å²) in [4.78, 5) is 9.50. The Morgan fingerprint density at radius 2 is 2.30 bits per heavy atom. The van der Waals surface area contributed by atoms with Crippen LogP contribution in [-0.2, 0) is 12.4 Å². The van der Waals surface area contributed by atoms with E-state index < -0.39 is 5.82 Å². The zero-order chi connectivity index (χ0) is 14.1. The highest BCUT2D eigenvalue weighted by atomic mass is 35.5. The molecule has 0 fully saturated rings. The smallest absolute Gasteiger partial charge is 0.167 e. The predicted molar refractivity (Wildman–Crippen MR) is 77.0 cm³/mol. The number of aromatic nitrogens is 3. The van der Waals surface area contributed by atoms with Gasteiger partial charge in [0.2, 0.25) is 0 Å². The van der Waals surface area contributed by atoms with Crippen molar-refractivity contribution in [2.75, 3.05) is 7.11 Å². The lowest BCUT2D eigenvalue weighted by Gasteiger charge is -2.07. The summed E-state index contributed by atoms with van der Waals surface area (Å²) in [7, 11) is 1.44. The van der Waals surface area contributed by atoms with Gasteiger partial charge in [-0.3, -0.25) is 4.98 Å². The zero-order valence-electron chi connectivity index (χ0n) is 10.6. The van der Waals surface area contributed by atoms with Crippen LogP contribution in [0.15, 0.2) is 23.8 Å². The predicted octanol–water partition coefficient (Wildman–Crippen LogP) is 3.43. The largest absolute Gasteiger partial charge is 0.494 e. The molecule has 0 spiro atoms. The van der Waals surface area contributed by atoms with Crippen molar-refractivity contribution in [3.05, 3.63) is 40.4 Å². The highest BCUT2D eigenvalue weighted by Gasteiger charge is 2.14. The topological polar surface area (TPSA) is 39.9 Å². The average molecular weight is 312 g/mol. The van der Waals surface area contributed by atoms with Crippen molar-refractivity contribution in [2.45, 2.75) is 12.4 Å². The number of hydrogen-bond acceptors (Lipinski definition) is 4. The number of methoxy groups -OCH3 is 1. The molecule has 3 rings (SSSR count). The van der Waals surface area contributed by atoms with Gasteiger partial charge in [-0.25, -0.2) is 9.37 Å². The van der Waals surface area contributed by atoms with Crippen LogP contribution in [0.4, 0.5) is 4.39 Å². The molecular weight excluding hydrogens is 301 g/mol. The Hall–Kier alpha value is -1.66. The van der Waals surface area contributed by atoms with Gasteiger partial charge in [-0.1, -0.05) is 0 Å². The van der Waals surface area contributed by atoms with E-state index in [1.807, 2.05) is 4.57 Å². The van der Waals surface area contributed by atoms with E-state index >= 15 is 0 Å². The normalized spacial score (nSPS) is 11.2. The highest BCUT2D eigenvalue weighted by Crippen LogP contribution is 2.27. The number of imidazole rings is 1. The van der Waals surface area contributed by atoms with Gasteiger partial charge < -0.3 is 9.30 Å². The number of nitrogens with zero attached hydrogens (tertiary/aromatic N) is 3.